The number of imidazole rings is 1. The molecule has 18 heavy (non-hydrogen) atoms. The number of halogens is 1. The highest BCUT2D eigenvalue weighted by molar-refractivity contribution is 9.10. The maximum atomic E-state index is 11.8. The van der Waals surface area contributed by atoms with Gasteiger partial charge in [-0.1, -0.05) is 0 Å². The van der Waals surface area contributed by atoms with E-state index in [2.05, 4.69) is 36.2 Å². The summed E-state index contributed by atoms with van der Waals surface area (Å²) in [5.41, 5.74) is 0.551. The van der Waals surface area contributed by atoms with E-state index in [0.717, 1.165) is 18.7 Å². The quantitative estimate of drug-likeness (QED) is 0.655. The molecule has 2 aromatic rings. The van der Waals surface area contributed by atoms with Gasteiger partial charge in [0.1, 0.15) is 10.4 Å². The number of pyridine rings is 1. The molecule has 0 unspecified atom stereocenters. The second-order valence-electron chi connectivity index (χ2n) is 3.74. The summed E-state index contributed by atoms with van der Waals surface area (Å²) < 4.78 is 0.563. The Morgan fingerprint density at radius 3 is 3.00 bits per heavy atom. The fourth-order valence-corrected chi connectivity index (χ4v) is 1.97. The zero-order valence-corrected chi connectivity index (χ0v) is 11.3. The minimum absolute atomic E-state index is 0.116. The third kappa shape index (κ3) is 3.40. The summed E-state index contributed by atoms with van der Waals surface area (Å²) in [5.74, 6) is 0.821. The van der Waals surface area contributed by atoms with E-state index in [1.165, 1.54) is 0 Å². The van der Waals surface area contributed by atoms with Crippen LogP contribution in [0.2, 0.25) is 0 Å². The van der Waals surface area contributed by atoms with Crippen LogP contribution in [0.5, 0.6) is 0 Å². The number of hydrogen-bond acceptors (Lipinski definition) is 3. The van der Waals surface area contributed by atoms with Crippen LogP contribution in [0.3, 0.4) is 0 Å². The minimum atomic E-state index is -0.116. The summed E-state index contributed by atoms with van der Waals surface area (Å²) in [6, 6.07) is 3.47. The van der Waals surface area contributed by atoms with E-state index in [4.69, 9.17) is 0 Å². The van der Waals surface area contributed by atoms with Crippen molar-refractivity contribution in [3.8, 4) is 0 Å². The highest BCUT2D eigenvalue weighted by atomic mass is 79.9. The van der Waals surface area contributed by atoms with Crippen LogP contribution in [0, 0.1) is 0 Å². The normalized spacial score (nSPS) is 10.3. The van der Waals surface area contributed by atoms with Crippen molar-refractivity contribution in [3.05, 3.63) is 46.7 Å². The molecule has 0 fully saturated rings. The summed E-state index contributed by atoms with van der Waals surface area (Å²) in [4.78, 5) is 23.0. The van der Waals surface area contributed by atoms with Crippen molar-refractivity contribution in [2.45, 2.75) is 12.8 Å². The number of amides is 1. The van der Waals surface area contributed by atoms with Crippen molar-refractivity contribution < 1.29 is 4.79 Å². The SMILES string of the molecule is O=C(NCCCc1ncc[nH]1)c1cccnc1Br. The van der Waals surface area contributed by atoms with Gasteiger partial charge in [-0.05, 0) is 34.5 Å². The number of aromatic amines is 1. The predicted octanol–water partition coefficient (Wildman–Crippen LogP) is 1.93. The third-order valence-corrected chi connectivity index (χ3v) is 3.07. The van der Waals surface area contributed by atoms with Gasteiger partial charge in [0.15, 0.2) is 0 Å². The van der Waals surface area contributed by atoms with Crippen molar-refractivity contribution in [1.82, 2.24) is 20.3 Å². The van der Waals surface area contributed by atoms with Gasteiger partial charge in [0.05, 0.1) is 5.56 Å². The lowest BCUT2D eigenvalue weighted by molar-refractivity contribution is 0.0952. The van der Waals surface area contributed by atoms with Gasteiger partial charge in [0, 0.05) is 31.6 Å². The van der Waals surface area contributed by atoms with Crippen LogP contribution in [0.25, 0.3) is 0 Å². The summed E-state index contributed by atoms with van der Waals surface area (Å²) in [5, 5.41) is 2.85. The molecule has 0 aromatic carbocycles. The second kappa shape index (κ2) is 6.30. The molecule has 2 aromatic heterocycles. The lowest BCUT2D eigenvalue weighted by atomic mass is 10.2. The topological polar surface area (TPSA) is 70.7 Å². The predicted molar refractivity (Wildman–Crippen MR) is 71.2 cm³/mol. The number of rotatable bonds is 5. The van der Waals surface area contributed by atoms with Crippen LogP contribution >= 0.6 is 15.9 Å². The molecule has 0 spiro atoms. The highest BCUT2D eigenvalue weighted by Gasteiger charge is 2.09. The van der Waals surface area contributed by atoms with Gasteiger partial charge in [-0.3, -0.25) is 4.79 Å². The molecule has 1 amide bonds. The zero-order chi connectivity index (χ0) is 12.8. The van der Waals surface area contributed by atoms with Gasteiger partial charge in [-0.25, -0.2) is 9.97 Å². The third-order valence-electron chi connectivity index (χ3n) is 2.43. The van der Waals surface area contributed by atoms with Crippen molar-refractivity contribution in [2.75, 3.05) is 6.54 Å². The Morgan fingerprint density at radius 1 is 1.39 bits per heavy atom. The van der Waals surface area contributed by atoms with E-state index in [-0.39, 0.29) is 5.91 Å². The summed E-state index contributed by atoms with van der Waals surface area (Å²) in [6.07, 6.45) is 6.82. The first-order valence-electron chi connectivity index (χ1n) is 5.64. The van der Waals surface area contributed by atoms with Crippen LogP contribution in [0.15, 0.2) is 35.3 Å². The van der Waals surface area contributed by atoms with E-state index >= 15 is 0 Å². The molecule has 2 rings (SSSR count). The molecule has 6 heteroatoms. The number of carbonyl (C=O) groups excluding carboxylic acids is 1. The van der Waals surface area contributed by atoms with Gasteiger partial charge in [0.2, 0.25) is 0 Å². The largest absolute Gasteiger partial charge is 0.352 e. The van der Waals surface area contributed by atoms with Crippen LogP contribution in [0.4, 0.5) is 0 Å². The summed E-state index contributed by atoms with van der Waals surface area (Å²) in [7, 11) is 0. The number of nitrogens with one attached hydrogen (secondary N) is 2. The minimum Gasteiger partial charge on any atom is -0.352 e. The van der Waals surface area contributed by atoms with E-state index in [1.54, 1.807) is 30.7 Å². The van der Waals surface area contributed by atoms with Crippen LogP contribution < -0.4 is 5.32 Å². The van der Waals surface area contributed by atoms with Gasteiger partial charge >= 0.3 is 0 Å². The fraction of sp³-hybridized carbons (Fsp3) is 0.250. The Morgan fingerprint density at radius 2 is 2.28 bits per heavy atom. The van der Waals surface area contributed by atoms with Crippen molar-refractivity contribution in [1.29, 1.82) is 0 Å². The highest BCUT2D eigenvalue weighted by Crippen LogP contribution is 2.11. The molecule has 5 nitrogen and oxygen atoms in total. The fourth-order valence-electron chi connectivity index (χ4n) is 1.54. The van der Waals surface area contributed by atoms with E-state index in [0.29, 0.717) is 16.7 Å². The molecule has 0 atom stereocenters. The van der Waals surface area contributed by atoms with Crippen LogP contribution in [-0.4, -0.2) is 27.4 Å². The first-order chi connectivity index (χ1) is 8.77. The Balaban J connectivity index is 1.77. The Hall–Kier alpha value is -1.69. The molecular formula is C12H13BrN4O. The number of hydrogen-bond donors (Lipinski definition) is 2. The van der Waals surface area contributed by atoms with Crippen LogP contribution in [0.1, 0.15) is 22.6 Å². The van der Waals surface area contributed by atoms with Gasteiger partial charge < -0.3 is 10.3 Å². The Bertz CT molecular complexity index is 513. The average Bonchev–Trinajstić information content (AvgIpc) is 2.88. The van der Waals surface area contributed by atoms with Gasteiger partial charge in [-0.2, -0.15) is 0 Å². The van der Waals surface area contributed by atoms with Crippen LogP contribution in [-0.2, 0) is 6.42 Å². The molecule has 0 radical (unpaired) electrons. The molecular weight excluding hydrogens is 296 g/mol. The number of carbonyl (C=O) groups is 1. The van der Waals surface area contributed by atoms with Crippen molar-refractivity contribution >= 4 is 21.8 Å². The standard InChI is InChI=1S/C12H13BrN4O/c13-11-9(3-1-5-16-11)12(18)17-6-2-4-10-14-7-8-15-10/h1,3,5,7-8H,2,4,6H2,(H,14,15)(H,17,18). The molecule has 0 aliphatic heterocycles. The Labute approximate surface area is 113 Å². The number of H-pyrrole nitrogens is 1. The van der Waals surface area contributed by atoms with Crippen molar-refractivity contribution in [3.63, 3.8) is 0 Å². The molecule has 2 N–H and O–H groups in total. The Kier molecular flexibility index (Phi) is 4.46. The first kappa shape index (κ1) is 12.8. The lowest BCUT2D eigenvalue weighted by Crippen LogP contribution is -2.25. The number of nitrogens with zero attached hydrogens (tertiary/aromatic N) is 2. The van der Waals surface area contributed by atoms with E-state index in [9.17, 15) is 4.79 Å². The molecule has 0 saturated carbocycles. The van der Waals surface area contributed by atoms with E-state index < -0.39 is 0 Å². The molecule has 2 heterocycles. The molecule has 0 aliphatic rings. The number of aryl methyl sites for hydroxylation is 1. The van der Waals surface area contributed by atoms with Gasteiger partial charge in [-0.15, -0.1) is 0 Å². The second-order valence-corrected chi connectivity index (χ2v) is 4.49. The maximum Gasteiger partial charge on any atom is 0.254 e. The first-order valence-corrected chi connectivity index (χ1v) is 6.43. The lowest BCUT2D eigenvalue weighted by Gasteiger charge is -2.05. The summed E-state index contributed by atoms with van der Waals surface area (Å²) >= 11 is 3.25. The summed E-state index contributed by atoms with van der Waals surface area (Å²) in [6.45, 7) is 0.612. The maximum absolute atomic E-state index is 11.8. The molecule has 0 bridgehead atoms. The van der Waals surface area contributed by atoms with Crippen molar-refractivity contribution in [2.24, 2.45) is 0 Å². The molecule has 0 aliphatic carbocycles. The number of aromatic nitrogens is 3. The average molecular weight is 309 g/mol. The van der Waals surface area contributed by atoms with E-state index in [1.807, 2.05) is 0 Å². The zero-order valence-electron chi connectivity index (χ0n) is 9.69. The molecule has 0 saturated heterocycles. The van der Waals surface area contributed by atoms with Gasteiger partial charge in [0.25, 0.3) is 5.91 Å². The smallest absolute Gasteiger partial charge is 0.254 e. The molecule has 94 valence electrons. The monoisotopic (exact) mass is 308 g/mol.